The van der Waals surface area contributed by atoms with E-state index in [9.17, 15) is 10.1 Å². The molecule has 2 rings (SSSR count). The number of aryl methyl sites for hydroxylation is 3. The first-order valence-electron chi connectivity index (χ1n) is 5.70. The lowest BCUT2D eigenvalue weighted by Gasteiger charge is -2.16. The van der Waals surface area contributed by atoms with Crippen LogP contribution in [0.3, 0.4) is 0 Å². The van der Waals surface area contributed by atoms with Gasteiger partial charge in [-0.25, -0.2) is 9.67 Å². The molecule has 0 aromatic carbocycles. The molecule has 0 amide bonds. The first kappa shape index (κ1) is 13.5. The molecule has 2 aromatic heterocycles. The average molecular weight is 281 g/mol. The zero-order valence-corrected chi connectivity index (χ0v) is 12.1. The van der Waals surface area contributed by atoms with Crippen molar-refractivity contribution in [1.82, 2.24) is 14.8 Å². The van der Waals surface area contributed by atoms with E-state index in [0.29, 0.717) is 18.1 Å². The summed E-state index contributed by atoms with van der Waals surface area (Å²) in [6.07, 6.45) is 0. The lowest BCUT2D eigenvalue weighted by molar-refractivity contribution is -0.384. The molecular formula is C11H15N5O2S. The van der Waals surface area contributed by atoms with Gasteiger partial charge in [-0.1, -0.05) is 0 Å². The molecule has 102 valence electrons. The maximum absolute atomic E-state index is 11.1. The standard InChI is InChI=1S/C11H15N5O2S/c1-7-10(16(17)18)11(15(4)13-7)14(3)5-9-6-19-8(2)12-9/h6H,5H2,1-4H3. The molecule has 0 spiro atoms. The molecule has 7 nitrogen and oxygen atoms in total. The molecule has 0 N–H and O–H groups in total. The summed E-state index contributed by atoms with van der Waals surface area (Å²) < 4.78 is 1.53. The number of hydrogen-bond acceptors (Lipinski definition) is 6. The molecule has 0 aliphatic heterocycles. The highest BCUT2D eigenvalue weighted by Crippen LogP contribution is 2.30. The van der Waals surface area contributed by atoms with Gasteiger partial charge in [0.25, 0.3) is 0 Å². The molecule has 8 heteroatoms. The van der Waals surface area contributed by atoms with Crippen LogP contribution in [0.15, 0.2) is 5.38 Å². The maximum Gasteiger partial charge on any atom is 0.333 e. The smallest absolute Gasteiger partial charge is 0.333 e. The zero-order valence-electron chi connectivity index (χ0n) is 11.2. The van der Waals surface area contributed by atoms with Gasteiger partial charge in [0, 0.05) is 19.5 Å². The maximum atomic E-state index is 11.1. The Morgan fingerprint density at radius 1 is 1.53 bits per heavy atom. The third-order valence-corrected chi connectivity index (χ3v) is 3.59. The summed E-state index contributed by atoms with van der Waals surface area (Å²) in [6.45, 7) is 4.09. The number of rotatable bonds is 4. The van der Waals surface area contributed by atoms with Gasteiger partial charge in [-0.3, -0.25) is 10.1 Å². The van der Waals surface area contributed by atoms with Crippen LogP contribution in [0.5, 0.6) is 0 Å². The number of anilines is 1. The normalized spacial score (nSPS) is 10.7. The van der Waals surface area contributed by atoms with Gasteiger partial charge in [0.2, 0.25) is 5.82 Å². The van der Waals surface area contributed by atoms with Crippen molar-refractivity contribution in [2.45, 2.75) is 20.4 Å². The van der Waals surface area contributed by atoms with E-state index in [-0.39, 0.29) is 10.6 Å². The number of hydrogen-bond donors (Lipinski definition) is 0. The van der Waals surface area contributed by atoms with Crippen molar-refractivity contribution in [2.75, 3.05) is 11.9 Å². The Bertz CT molecular complexity index is 619. The average Bonchev–Trinajstić information content (AvgIpc) is 2.82. The van der Waals surface area contributed by atoms with Gasteiger partial charge in [-0.05, 0) is 13.8 Å². The second-order valence-electron chi connectivity index (χ2n) is 4.35. The summed E-state index contributed by atoms with van der Waals surface area (Å²) in [5, 5.41) is 18.2. The van der Waals surface area contributed by atoms with Crippen molar-refractivity contribution >= 4 is 22.8 Å². The zero-order chi connectivity index (χ0) is 14.2. The Morgan fingerprint density at radius 2 is 2.21 bits per heavy atom. The molecule has 19 heavy (non-hydrogen) atoms. The summed E-state index contributed by atoms with van der Waals surface area (Å²) in [7, 11) is 3.51. The van der Waals surface area contributed by atoms with Gasteiger partial charge in [-0.2, -0.15) is 5.10 Å². The Hall–Kier alpha value is -1.96. The molecule has 0 radical (unpaired) electrons. The molecular weight excluding hydrogens is 266 g/mol. The van der Waals surface area contributed by atoms with Gasteiger partial charge in [-0.15, -0.1) is 11.3 Å². The van der Waals surface area contributed by atoms with E-state index in [4.69, 9.17) is 0 Å². The molecule has 0 bridgehead atoms. The Morgan fingerprint density at radius 3 is 2.74 bits per heavy atom. The van der Waals surface area contributed by atoms with Crippen molar-refractivity contribution in [3.63, 3.8) is 0 Å². The highest BCUT2D eigenvalue weighted by molar-refractivity contribution is 7.09. The topological polar surface area (TPSA) is 77.1 Å². The summed E-state index contributed by atoms with van der Waals surface area (Å²) in [6, 6.07) is 0. The molecule has 0 unspecified atom stereocenters. The lowest BCUT2D eigenvalue weighted by Crippen LogP contribution is -2.20. The van der Waals surface area contributed by atoms with Gasteiger partial charge >= 0.3 is 5.69 Å². The van der Waals surface area contributed by atoms with Crippen molar-refractivity contribution in [3.8, 4) is 0 Å². The molecule has 2 aromatic rings. The number of nitrogens with zero attached hydrogens (tertiary/aromatic N) is 5. The van der Waals surface area contributed by atoms with E-state index in [1.54, 1.807) is 37.3 Å². The molecule has 0 saturated heterocycles. The van der Waals surface area contributed by atoms with Crippen LogP contribution < -0.4 is 4.90 Å². The lowest BCUT2D eigenvalue weighted by atomic mass is 10.3. The van der Waals surface area contributed by atoms with Crippen LogP contribution >= 0.6 is 11.3 Å². The van der Waals surface area contributed by atoms with Crippen LogP contribution in [0.1, 0.15) is 16.4 Å². The molecule has 0 saturated carbocycles. The summed E-state index contributed by atoms with van der Waals surface area (Å²) in [5.74, 6) is 0.494. The fraction of sp³-hybridized carbons (Fsp3) is 0.455. The predicted molar refractivity (Wildman–Crippen MR) is 73.6 cm³/mol. The van der Waals surface area contributed by atoms with Crippen molar-refractivity contribution in [2.24, 2.45) is 7.05 Å². The van der Waals surface area contributed by atoms with Crippen LogP contribution in [0, 0.1) is 24.0 Å². The fourth-order valence-corrected chi connectivity index (χ4v) is 2.68. The number of aromatic nitrogens is 3. The molecule has 2 heterocycles. The van der Waals surface area contributed by atoms with E-state index >= 15 is 0 Å². The van der Waals surface area contributed by atoms with Crippen molar-refractivity contribution < 1.29 is 4.92 Å². The first-order valence-corrected chi connectivity index (χ1v) is 6.58. The Balaban J connectivity index is 2.33. The third kappa shape index (κ3) is 2.58. The predicted octanol–water partition coefficient (Wildman–Crippen LogP) is 2.04. The Labute approximate surface area is 114 Å². The van der Waals surface area contributed by atoms with Gasteiger partial charge < -0.3 is 4.90 Å². The van der Waals surface area contributed by atoms with E-state index in [1.807, 2.05) is 12.3 Å². The monoisotopic (exact) mass is 281 g/mol. The first-order chi connectivity index (χ1) is 8.90. The highest BCUT2D eigenvalue weighted by atomic mass is 32.1. The minimum absolute atomic E-state index is 0.0527. The van der Waals surface area contributed by atoms with Gasteiger partial charge in [0.05, 0.1) is 22.2 Å². The summed E-state index contributed by atoms with van der Waals surface area (Å²) >= 11 is 1.57. The molecule has 0 aliphatic rings. The minimum atomic E-state index is -0.388. The van der Waals surface area contributed by atoms with Crippen LogP contribution in [0.2, 0.25) is 0 Å². The SMILES string of the molecule is Cc1nc(CN(C)c2c([N+](=O)[O-])c(C)nn2C)cs1. The third-order valence-electron chi connectivity index (χ3n) is 2.77. The number of thiazole rings is 1. The minimum Gasteiger partial charge on any atom is -0.348 e. The van der Waals surface area contributed by atoms with Crippen LogP contribution in [0.25, 0.3) is 0 Å². The van der Waals surface area contributed by atoms with E-state index in [1.165, 1.54) is 4.68 Å². The quantitative estimate of drug-likeness (QED) is 0.633. The van der Waals surface area contributed by atoms with Crippen molar-refractivity contribution in [3.05, 3.63) is 31.9 Å². The molecule has 0 fully saturated rings. The second-order valence-corrected chi connectivity index (χ2v) is 5.41. The Kier molecular flexibility index (Phi) is 3.52. The van der Waals surface area contributed by atoms with Crippen LogP contribution in [0.4, 0.5) is 11.5 Å². The van der Waals surface area contributed by atoms with E-state index < -0.39 is 0 Å². The van der Waals surface area contributed by atoms with Crippen LogP contribution in [-0.2, 0) is 13.6 Å². The summed E-state index contributed by atoms with van der Waals surface area (Å²) in [5.41, 5.74) is 1.37. The van der Waals surface area contributed by atoms with Crippen molar-refractivity contribution in [1.29, 1.82) is 0 Å². The van der Waals surface area contributed by atoms with Gasteiger partial charge in [0.15, 0.2) is 0 Å². The second kappa shape index (κ2) is 4.96. The summed E-state index contributed by atoms with van der Waals surface area (Å²) in [4.78, 5) is 16.9. The van der Waals surface area contributed by atoms with E-state index in [2.05, 4.69) is 10.1 Å². The molecule has 0 atom stereocenters. The number of nitro groups is 1. The van der Waals surface area contributed by atoms with Gasteiger partial charge in [0.1, 0.15) is 5.69 Å². The van der Waals surface area contributed by atoms with Crippen LogP contribution in [-0.4, -0.2) is 26.7 Å². The molecule has 0 aliphatic carbocycles. The highest BCUT2D eigenvalue weighted by Gasteiger charge is 2.26. The van der Waals surface area contributed by atoms with E-state index in [0.717, 1.165) is 10.7 Å². The fourth-order valence-electron chi connectivity index (χ4n) is 2.08. The largest absolute Gasteiger partial charge is 0.348 e.